The third-order valence-corrected chi connectivity index (χ3v) is 10.3. The van der Waals surface area contributed by atoms with E-state index < -0.39 is 0 Å². The lowest BCUT2D eigenvalue weighted by Gasteiger charge is -2.30. The van der Waals surface area contributed by atoms with Crippen LogP contribution in [0.2, 0.25) is 0 Å². The molecule has 2 aromatic heterocycles. The maximum Gasteiger partial charge on any atom is 0.0872 e. The van der Waals surface area contributed by atoms with Gasteiger partial charge in [-0.25, -0.2) is 0 Å². The molecule has 2 heterocycles. The van der Waals surface area contributed by atoms with Gasteiger partial charge in [-0.3, -0.25) is 0 Å². The van der Waals surface area contributed by atoms with Crippen LogP contribution in [0.5, 0.6) is 0 Å². The molecule has 25 heavy (non-hydrogen) atoms. The fourth-order valence-electron chi connectivity index (χ4n) is 3.66. The summed E-state index contributed by atoms with van der Waals surface area (Å²) in [4.78, 5) is 0. The highest BCUT2D eigenvalue weighted by atomic mass is 31.1. The van der Waals surface area contributed by atoms with Crippen LogP contribution in [0.1, 0.15) is 66.8 Å². The van der Waals surface area contributed by atoms with Gasteiger partial charge < -0.3 is 8.68 Å². The molecule has 0 atom stereocenters. The predicted molar refractivity (Wildman–Crippen MR) is 115 cm³/mol. The molecule has 2 aromatic rings. The molecule has 4 heteroatoms. The van der Waals surface area contributed by atoms with Crippen LogP contribution in [0.25, 0.3) is 0 Å². The Kier molecular flexibility index (Phi) is 7.36. The molecule has 0 saturated heterocycles. The highest BCUT2D eigenvalue weighted by Crippen LogP contribution is 2.50. The van der Waals surface area contributed by atoms with Gasteiger partial charge in [0.2, 0.25) is 0 Å². The van der Waals surface area contributed by atoms with Gasteiger partial charge >= 0.3 is 0 Å². The van der Waals surface area contributed by atoms with E-state index in [1.54, 1.807) is 0 Å². The van der Waals surface area contributed by atoms with E-state index in [1.165, 1.54) is 11.4 Å². The molecule has 0 fully saturated rings. The zero-order valence-electron chi connectivity index (χ0n) is 17.1. The molecule has 138 valence electrons. The van der Waals surface area contributed by atoms with E-state index in [2.05, 4.69) is 107 Å². The molecular formula is C21H34N2P2. The Morgan fingerprint density at radius 1 is 0.640 bits per heavy atom. The fraction of sp³-hybridized carbons (Fsp3) is 0.571. The first-order chi connectivity index (χ1) is 11.7. The Morgan fingerprint density at radius 3 is 1.24 bits per heavy atom. The van der Waals surface area contributed by atoms with E-state index in [0.717, 1.165) is 0 Å². The quantitative estimate of drug-likeness (QED) is 0.444. The molecule has 0 amide bonds. The van der Waals surface area contributed by atoms with Gasteiger partial charge in [0.1, 0.15) is 0 Å². The standard InChI is InChI=1S/C21H34N2P2/c1-16(2)24(17(3)4)22-13-9-11-20(22)15-21-12-10-14-23(21)25(18(5)6)19(7)8/h9-14,16-19H,1-8H3. The van der Waals surface area contributed by atoms with E-state index in [9.17, 15) is 0 Å². The number of nitrogens with zero attached hydrogens (tertiary/aromatic N) is 2. The molecule has 0 bridgehead atoms. The second-order valence-electron chi connectivity index (χ2n) is 7.74. The molecule has 0 aliphatic heterocycles. The Bertz CT molecular complexity index is 580. The summed E-state index contributed by atoms with van der Waals surface area (Å²) in [5.41, 5.74) is 5.10. The van der Waals surface area contributed by atoms with Gasteiger partial charge in [0, 0.05) is 39.9 Å². The van der Waals surface area contributed by atoms with Crippen LogP contribution in [0, 0.1) is 6.42 Å². The summed E-state index contributed by atoms with van der Waals surface area (Å²) in [5.74, 6) is 0. The van der Waals surface area contributed by atoms with Crippen LogP contribution in [0.4, 0.5) is 0 Å². The van der Waals surface area contributed by atoms with Crippen LogP contribution in [-0.2, 0) is 0 Å². The topological polar surface area (TPSA) is 9.86 Å². The van der Waals surface area contributed by atoms with Crippen molar-refractivity contribution in [2.75, 3.05) is 0 Å². The van der Waals surface area contributed by atoms with Crippen LogP contribution in [0.3, 0.4) is 0 Å². The van der Waals surface area contributed by atoms with E-state index >= 15 is 0 Å². The van der Waals surface area contributed by atoms with Crippen LogP contribution >= 0.6 is 16.1 Å². The molecule has 2 rings (SSSR count). The van der Waals surface area contributed by atoms with Crippen molar-refractivity contribution in [3.8, 4) is 0 Å². The number of hydrogen-bond acceptors (Lipinski definition) is 0. The summed E-state index contributed by atoms with van der Waals surface area (Å²) >= 11 is 0. The number of aromatic nitrogens is 2. The first-order valence-corrected chi connectivity index (χ1v) is 12.3. The molecule has 0 spiro atoms. The van der Waals surface area contributed by atoms with Gasteiger partial charge in [-0.15, -0.1) is 0 Å². The monoisotopic (exact) mass is 376 g/mol. The van der Waals surface area contributed by atoms with Gasteiger partial charge in [0.25, 0.3) is 0 Å². The smallest absolute Gasteiger partial charge is 0.0872 e. The molecule has 0 aromatic carbocycles. The van der Waals surface area contributed by atoms with Crippen LogP contribution in [0.15, 0.2) is 36.7 Å². The maximum atomic E-state index is 3.74. The minimum atomic E-state index is -0.239. The molecular weight excluding hydrogens is 342 g/mol. The normalized spacial score (nSPS) is 12.7. The summed E-state index contributed by atoms with van der Waals surface area (Å²) < 4.78 is 4.96. The number of rotatable bonds is 8. The number of hydrogen-bond donors (Lipinski definition) is 0. The van der Waals surface area contributed by atoms with Crippen molar-refractivity contribution in [2.24, 2.45) is 0 Å². The van der Waals surface area contributed by atoms with Crippen LogP contribution in [-0.4, -0.2) is 31.3 Å². The van der Waals surface area contributed by atoms with Crippen LogP contribution < -0.4 is 0 Å². The third-order valence-electron chi connectivity index (χ3n) is 4.33. The lowest BCUT2D eigenvalue weighted by molar-refractivity contribution is 0.946. The molecule has 0 aliphatic carbocycles. The van der Waals surface area contributed by atoms with Crippen molar-refractivity contribution < 1.29 is 0 Å². The molecule has 0 unspecified atom stereocenters. The molecule has 2 radical (unpaired) electrons. The summed E-state index contributed by atoms with van der Waals surface area (Å²) in [6.07, 6.45) is 8.23. The van der Waals surface area contributed by atoms with Gasteiger partial charge in [-0.2, -0.15) is 0 Å². The average molecular weight is 376 g/mol. The van der Waals surface area contributed by atoms with Crippen molar-refractivity contribution in [1.29, 1.82) is 0 Å². The Balaban J connectivity index is 2.34. The minimum Gasteiger partial charge on any atom is -0.329 e. The minimum absolute atomic E-state index is 0.239. The van der Waals surface area contributed by atoms with Gasteiger partial charge in [0.15, 0.2) is 0 Å². The largest absolute Gasteiger partial charge is 0.329 e. The maximum absolute atomic E-state index is 3.74. The van der Waals surface area contributed by atoms with Crippen molar-refractivity contribution >= 4 is 16.1 Å². The van der Waals surface area contributed by atoms with Crippen molar-refractivity contribution in [1.82, 2.24) is 8.68 Å². The molecule has 0 saturated carbocycles. The van der Waals surface area contributed by atoms with Crippen molar-refractivity contribution in [3.63, 3.8) is 0 Å². The van der Waals surface area contributed by atoms with E-state index in [4.69, 9.17) is 0 Å². The lowest BCUT2D eigenvalue weighted by atomic mass is 10.2. The van der Waals surface area contributed by atoms with Gasteiger partial charge in [0.05, 0.1) is 6.42 Å². The first kappa shape index (κ1) is 20.7. The summed E-state index contributed by atoms with van der Waals surface area (Å²) in [5, 5.41) is 0. The van der Waals surface area contributed by atoms with Gasteiger partial charge in [-0.05, 0) is 46.9 Å². The predicted octanol–water partition coefficient (Wildman–Crippen LogP) is 6.89. The highest BCUT2D eigenvalue weighted by molar-refractivity contribution is 7.57. The fourth-order valence-corrected chi connectivity index (χ4v) is 9.23. The third kappa shape index (κ3) is 4.78. The summed E-state index contributed by atoms with van der Waals surface area (Å²) in [6, 6.07) is 8.77. The SMILES string of the molecule is CC(C)P(C(C)C)n1cccc1[C]c1cccn1P(C(C)C)C(C)C. The zero-order chi connectivity index (χ0) is 18.7. The van der Waals surface area contributed by atoms with E-state index in [-0.39, 0.29) is 16.1 Å². The second-order valence-corrected chi connectivity index (χ2v) is 14.2. The summed E-state index contributed by atoms with van der Waals surface area (Å²) in [7, 11) is -0.478. The zero-order valence-corrected chi connectivity index (χ0v) is 18.9. The van der Waals surface area contributed by atoms with Crippen molar-refractivity contribution in [3.05, 3.63) is 54.5 Å². The Hall–Kier alpha value is -0.580. The second kappa shape index (κ2) is 8.88. The van der Waals surface area contributed by atoms with Gasteiger partial charge in [-0.1, -0.05) is 55.4 Å². The van der Waals surface area contributed by atoms with E-state index in [0.29, 0.717) is 22.6 Å². The first-order valence-electron chi connectivity index (χ1n) is 9.43. The molecule has 0 N–H and O–H groups in total. The Morgan fingerprint density at radius 2 is 0.960 bits per heavy atom. The summed E-state index contributed by atoms with van der Waals surface area (Å²) in [6.45, 7) is 18.7. The average Bonchev–Trinajstić information content (AvgIpc) is 3.09. The molecule has 2 nitrogen and oxygen atoms in total. The lowest BCUT2D eigenvalue weighted by Crippen LogP contribution is -2.14. The van der Waals surface area contributed by atoms with E-state index in [1.807, 2.05) is 0 Å². The Labute approximate surface area is 157 Å². The van der Waals surface area contributed by atoms with Crippen molar-refractivity contribution in [2.45, 2.75) is 78.0 Å². The molecule has 0 aliphatic rings. The highest BCUT2D eigenvalue weighted by Gasteiger charge is 2.24.